The zero-order valence-corrected chi connectivity index (χ0v) is 18.6. The molecule has 0 bridgehead atoms. The van der Waals surface area contributed by atoms with Gasteiger partial charge in [-0.3, -0.25) is 24.5 Å². The van der Waals surface area contributed by atoms with Crippen LogP contribution in [0.2, 0.25) is 0 Å². The number of carbonyl (C=O) groups is 4. The second-order valence-corrected chi connectivity index (χ2v) is 7.95. The highest BCUT2D eigenvalue weighted by molar-refractivity contribution is 5.97. The summed E-state index contributed by atoms with van der Waals surface area (Å²) < 4.78 is 0. The molecule has 3 atom stereocenters. The van der Waals surface area contributed by atoms with E-state index in [0.717, 1.165) is 0 Å². The number of benzene rings is 1. The van der Waals surface area contributed by atoms with Gasteiger partial charge in [0, 0.05) is 19.2 Å². The molecule has 9 nitrogen and oxygen atoms in total. The molecule has 0 spiro atoms. The van der Waals surface area contributed by atoms with E-state index in [-0.39, 0.29) is 17.7 Å². The summed E-state index contributed by atoms with van der Waals surface area (Å²) in [7, 11) is 0. The Hall–Kier alpha value is -2.94. The summed E-state index contributed by atoms with van der Waals surface area (Å²) in [5, 5.41) is 20.2. The number of rotatable bonds is 13. The van der Waals surface area contributed by atoms with Gasteiger partial charge in [0.2, 0.25) is 17.7 Å². The Labute approximate surface area is 183 Å². The maximum atomic E-state index is 12.9. The number of carboxylic acids is 1. The molecular formula is C22H34N4O5. The minimum atomic E-state index is -1.08. The molecular weight excluding hydrogens is 400 g/mol. The van der Waals surface area contributed by atoms with Gasteiger partial charge in [0.15, 0.2) is 0 Å². The van der Waals surface area contributed by atoms with Gasteiger partial charge in [-0.1, -0.05) is 32.0 Å². The van der Waals surface area contributed by atoms with Crippen molar-refractivity contribution in [2.45, 2.75) is 65.1 Å². The van der Waals surface area contributed by atoms with Crippen LogP contribution in [-0.4, -0.2) is 53.5 Å². The van der Waals surface area contributed by atoms with Crippen molar-refractivity contribution in [3.8, 4) is 0 Å². The molecule has 172 valence electrons. The summed E-state index contributed by atoms with van der Waals surface area (Å²) in [4.78, 5) is 48.0. The number of anilines is 1. The van der Waals surface area contributed by atoms with Crippen molar-refractivity contribution in [1.29, 1.82) is 0 Å². The van der Waals surface area contributed by atoms with Crippen molar-refractivity contribution in [3.63, 3.8) is 0 Å². The van der Waals surface area contributed by atoms with Crippen molar-refractivity contribution in [2.24, 2.45) is 5.92 Å². The molecule has 5 N–H and O–H groups in total. The fraction of sp³-hybridized carbons (Fsp3) is 0.545. The minimum Gasteiger partial charge on any atom is -0.480 e. The second kappa shape index (κ2) is 13.4. The number of carboxylic acid groups (broad SMARTS) is 1. The van der Waals surface area contributed by atoms with Crippen molar-refractivity contribution in [2.75, 3.05) is 11.9 Å². The lowest BCUT2D eigenvalue weighted by Crippen LogP contribution is -2.54. The van der Waals surface area contributed by atoms with Crippen molar-refractivity contribution in [3.05, 3.63) is 30.3 Å². The van der Waals surface area contributed by atoms with Gasteiger partial charge in [-0.25, -0.2) is 0 Å². The van der Waals surface area contributed by atoms with E-state index in [1.807, 2.05) is 19.9 Å². The molecule has 9 heteroatoms. The van der Waals surface area contributed by atoms with Crippen LogP contribution in [0, 0.1) is 5.92 Å². The second-order valence-electron chi connectivity index (χ2n) is 7.95. The predicted molar refractivity (Wildman–Crippen MR) is 118 cm³/mol. The molecule has 0 saturated heterocycles. The van der Waals surface area contributed by atoms with Gasteiger partial charge in [0.05, 0.1) is 6.04 Å². The van der Waals surface area contributed by atoms with E-state index in [2.05, 4.69) is 21.3 Å². The summed E-state index contributed by atoms with van der Waals surface area (Å²) in [5.41, 5.74) is 0.625. The summed E-state index contributed by atoms with van der Waals surface area (Å²) in [6.07, 6.45) is 1.21. The molecule has 0 aliphatic heterocycles. The van der Waals surface area contributed by atoms with Crippen LogP contribution in [0.1, 0.15) is 47.0 Å². The first-order valence-electron chi connectivity index (χ1n) is 10.5. The van der Waals surface area contributed by atoms with Crippen LogP contribution >= 0.6 is 0 Å². The maximum Gasteiger partial charge on any atom is 0.320 e. The SMILES string of the molecule is CC(=O)NCCC[C@H](N[C@H](C)C(=O)O)C(=O)N[C@@H](CC(C)C)C(=O)Nc1ccccc1. The summed E-state index contributed by atoms with van der Waals surface area (Å²) >= 11 is 0. The van der Waals surface area contributed by atoms with Crippen LogP contribution in [0.4, 0.5) is 5.69 Å². The fourth-order valence-corrected chi connectivity index (χ4v) is 2.96. The Morgan fingerprint density at radius 3 is 2.16 bits per heavy atom. The van der Waals surface area contributed by atoms with Gasteiger partial charge in [-0.15, -0.1) is 0 Å². The van der Waals surface area contributed by atoms with E-state index >= 15 is 0 Å². The van der Waals surface area contributed by atoms with Gasteiger partial charge in [-0.2, -0.15) is 0 Å². The Bertz CT molecular complexity index is 739. The number of carbonyl (C=O) groups excluding carboxylic acids is 3. The molecule has 1 rings (SSSR count). The molecule has 1 aromatic rings. The first-order valence-corrected chi connectivity index (χ1v) is 10.5. The number of hydrogen-bond donors (Lipinski definition) is 5. The quantitative estimate of drug-likeness (QED) is 0.299. The van der Waals surface area contributed by atoms with E-state index in [1.165, 1.54) is 13.8 Å². The lowest BCUT2D eigenvalue weighted by molar-refractivity contribution is -0.139. The monoisotopic (exact) mass is 434 g/mol. The third-order valence-electron chi connectivity index (χ3n) is 4.56. The Balaban J connectivity index is 2.86. The average molecular weight is 435 g/mol. The number of para-hydroxylation sites is 1. The van der Waals surface area contributed by atoms with Gasteiger partial charge in [-0.05, 0) is 44.2 Å². The van der Waals surface area contributed by atoms with Gasteiger partial charge in [0.25, 0.3) is 0 Å². The average Bonchev–Trinajstić information content (AvgIpc) is 2.69. The number of hydrogen-bond acceptors (Lipinski definition) is 5. The van der Waals surface area contributed by atoms with Gasteiger partial charge >= 0.3 is 5.97 Å². The standard InChI is InChI=1S/C22H34N4O5/c1-14(2)13-19(21(29)25-17-9-6-5-7-10-17)26-20(28)18(24-15(3)22(30)31)11-8-12-23-16(4)27/h5-7,9-10,14-15,18-19,24H,8,11-13H2,1-4H3,(H,23,27)(H,25,29)(H,26,28)(H,30,31)/t15-,18+,19+/m1/s1. The zero-order chi connectivity index (χ0) is 23.4. The van der Waals surface area contributed by atoms with Crippen LogP contribution in [0.5, 0.6) is 0 Å². The summed E-state index contributed by atoms with van der Waals surface area (Å²) in [5.74, 6) is -1.90. The highest BCUT2D eigenvalue weighted by atomic mass is 16.4. The van der Waals surface area contributed by atoms with Crippen LogP contribution in [0.25, 0.3) is 0 Å². The van der Waals surface area contributed by atoms with Crippen molar-refractivity contribution < 1.29 is 24.3 Å². The largest absolute Gasteiger partial charge is 0.480 e. The maximum absolute atomic E-state index is 12.9. The van der Waals surface area contributed by atoms with E-state index in [9.17, 15) is 24.3 Å². The van der Waals surface area contributed by atoms with E-state index in [0.29, 0.717) is 31.5 Å². The molecule has 1 aromatic carbocycles. The smallest absolute Gasteiger partial charge is 0.320 e. The first kappa shape index (κ1) is 26.1. The number of amides is 3. The first-order chi connectivity index (χ1) is 14.6. The molecule has 0 aliphatic carbocycles. The molecule has 31 heavy (non-hydrogen) atoms. The number of aliphatic carboxylic acids is 1. The normalized spacial score (nSPS) is 13.7. The lowest BCUT2D eigenvalue weighted by atomic mass is 10.0. The van der Waals surface area contributed by atoms with Crippen molar-refractivity contribution >= 4 is 29.4 Å². The molecule has 0 fully saturated rings. The topological polar surface area (TPSA) is 137 Å². The zero-order valence-electron chi connectivity index (χ0n) is 18.6. The third kappa shape index (κ3) is 10.6. The highest BCUT2D eigenvalue weighted by Crippen LogP contribution is 2.11. The molecule has 0 radical (unpaired) electrons. The highest BCUT2D eigenvalue weighted by Gasteiger charge is 2.28. The Morgan fingerprint density at radius 1 is 0.968 bits per heavy atom. The third-order valence-corrected chi connectivity index (χ3v) is 4.56. The molecule has 3 amide bonds. The predicted octanol–water partition coefficient (Wildman–Crippen LogP) is 1.50. The van der Waals surface area contributed by atoms with Gasteiger partial charge in [0.1, 0.15) is 12.1 Å². The van der Waals surface area contributed by atoms with Crippen LogP contribution in [0.15, 0.2) is 30.3 Å². The molecule has 0 unspecified atom stereocenters. The summed E-state index contributed by atoms with van der Waals surface area (Å²) in [6.45, 7) is 7.11. The van der Waals surface area contributed by atoms with Crippen molar-refractivity contribution in [1.82, 2.24) is 16.0 Å². The summed E-state index contributed by atoms with van der Waals surface area (Å²) in [6, 6.07) is 6.41. The Morgan fingerprint density at radius 2 is 1.61 bits per heavy atom. The minimum absolute atomic E-state index is 0.149. The van der Waals surface area contributed by atoms with E-state index in [4.69, 9.17) is 0 Å². The molecule has 0 aromatic heterocycles. The van der Waals surface area contributed by atoms with Crippen LogP contribution in [-0.2, 0) is 19.2 Å². The fourth-order valence-electron chi connectivity index (χ4n) is 2.96. The lowest BCUT2D eigenvalue weighted by Gasteiger charge is -2.25. The van der Waals surface area contributed by atoms with E-state index in [1.54, 1.807) is 24.3 Å². The Kier molecular flexibility index (Phi) is 11.3. The van der Waals surface area contributed by atoms with Gasteiger partial charge < -0.3 is 21.1 Å². The molecule has 0 aliphatic rings. The van der Waals surface area contributed by atoms with E-state index < -0.39 is 30.0 Å². The molecule has 0 heterocycles. The molecule has 0 saturated carbocycles. The number of nitrogens with one attached hydrogen (secondary N) is 4. The van der Waals surface area contributed by atoms with Crippen LogP contribution < -0.4 is 21.3 Å². The van der Waals surface area contributed by atoms with Crippen LogP contribution in [0.3, 0.4) is 0 Å².